The van der Waals surface area contributed by atoms with E-state index in [1.807, 2.05) is 18.3 Å². The highest BCUT2D eigenvalue weighted by Gasteiger charge is 2.16. The molecular formula is C35H23NO. The SMILES string of the molecule is c1ccc(-c2cccc(-c3cccc4c3oc3c(-c5ccc(-c6cccnc6)cc5)cccc34)c2)cc1. The molecule has 0 spiro atoms. The summed E-state index contributed by atoms with van der Waals surface area (Å²) in [5.74, 6) is 0. The molecule has 37 heavy (non-hydrogen) atoms. The van der Waals surface area contributed by atoms with Crippen LogP contribution >= 0.6 is 0 Å². The molecule has 0 atom stereocenters. The van der Waals surface area contributed by atoms with Crippen LogP contribution < -0.4 is 0 Å². The summed E-state index contributed by atoms with van der Waals surface area (Å²) < 4.78 is 6.67. The van der Waals surface area contributed by atoms with Gasteiger partial charge in [-0.05, 0) is 45.5 Å². The Labute approximate surface area is 215 Å². The van der Waals surface area contributed by atoms with Crippen LogP contribution in [0.5, 0.6) is 0 Å². The second-order valence-electron chi connectivity index (χ2n) is 9.23. The van der Waals surface area contributed by atoms with Crippen molar-refractivity contribution in [3.8, 4) is 44.5 Å². The van der Waals surface area contributed by atoms with Crippen LogP contribution in [0.25, 0.3) is 66.4 Å². The predicted molar refractivity (Wildman–Crippen MR) is 153 cm³/mol. The van der Waals surface area contributed by atoms with Crippen molar-refractivity contribution < 1.29 is 4.42 Å². The van der Waals surface area contributed by atoms with E-state index in [2.05, 4.69) is 120 Å². The molecule has 2 nitrogen and oxygen atoms in total. The molecular weight excluding hydrogens is 450 g/mol. The van der Waals surface area contributed by atoms with Crippen molar-refractivity contribution in [2.75, 3.05) is 0 Å². The largest absolute Gasteiger partial charge is 0.455 e. The third kappa shape index (κ3) is 3.80. The van der Waals surface area contributed by atoms with Crippen LogP contribution in [-0.2, 0) is 0 Å². The first-order chi connectivity index (χ1) is 18.3. The van der Waals surface area contributed by atoms with Crippen molar-refractivity contribution in [1.29, 1.82) is 0 Å². The van der Waals surface area contributed by atoms with Gasteiger partial charge < -0.3 is 4.42 Å². The average molecular weight is 474 g/mol. The first-order valence-electron chi connectivity index (χ1n) is 12.5. The summed E-state index contributed by atoms with van der Waals surface area (Å²) in [6, 6.07) is 44.7. The minimum atomic E-state index is 0.915. The molecule has 0 aliphatic rings. The number of nitrogens with zero attached hydrogens (tertiary/aromatic N) is 1. The van der Waals surface area contributed by atoms with Crippen molar-refractivity contribution >= 4 is 21.9 Å². The monoisotopic (exact) mass is 473 g/mol. The van der Waals surface area contributed by atoms with Crippen molar-refractivity contribution in [2.24, 2.45) is 0 Å². The summed E-state index contributed by atoms with van der Waals surface area (Å²) in [5, 5.41) is 2.26. The summed E-state index contributed by atoms with van der Waals surface area (Å²) in [6.45, 7) is 0. The molecule has 0 saturated carbocycles. The second kappa shape index (κ2) is 8.92. The van der Waals surface area contributed by atoms with Gasteiger partial charge >= 0.3 is 0 Å². The van der Waals surface area contributed by atoms with Crippen LogP contribution in [0.3, 0.4) is 0 Å². The molecule has 0 fully saturated rings. The van der Waals surface area contributed by atoms with Crippen LogP contribution in [0, 0.1) is 0 Å². The number of hydrogen-bond acceptors (Lipinski definition) is 2. The first kappa shape index (κ1) is 21.3. The molecule has 7 aromatic rings. The van der Waals surface area contributed by atoms with E-state index in [1.54, 1.807) is 6.20 Å². The summed E-state index contributed by atoms with van der Waals surface area (Å²) in [7, 11) is 0. The Balaban J connectivity index is 1.35. The molecule has 0 bridgehead atoms. The number of aromatic nitrogens is 1. The van der Waals surface area contributed by atoms with Crippen LogP contribution in [0.4, 0.5) is 0 Å². The highest BCUT2D eigenvalue weighted by atomic mass is 16.3. The van der Waals surface area contributed by atoms with E-state index in [9.17, 15) is 0 Å². The van der Waals surface area contributed by atoms with Crippen molar-refractivity contribution in [1.82, 2.24) is 4.98 Å². The predicted octanol–water partition coefficient (Wildman–Crippen LogP) is 9.65. The highest BCUT2D eigenvalue weighted by Crippen LogP contribution is 2.40. The Morgan fingerprint density at radius 2 is 0.973 bits per heavy atom. The van der Waals surface area contributed by atoms with Gasteiger partial charge in [0.25, 0.3) is 0 Å². The molecule has 0 amide bonds. The molecule has 5 aromatic carbocycles. The van der Waals surface area contributed by atoms with Gasteiger partial charge in [-0.1, -0.05) is 115 Å². The fourth-order valence-electron chi connectivity index (χ4n) is 5.15. The van der Waals surface area contributed by atoms with E-state index < -0.39 is 0 Å². The summed E-state index contributed by atoms with van der Waals surface area (Å²) in [5.41, 5.74) is 11.0. The Morgan fingerprint density at radius 1 is 0.405 bits per heavy atom. The maximum atomic E-state index is 6.67. The van der Waals surface area contributed by atoms with Gasteiger partial charge in [0.15, 0.2) is 0 Å². The van der Waals surface area contributed by atoms with Gasteiger partial charge in [-0.3, -0.25) is 4.98 Å². The van der Waals surface area contributed by atoms with Crippen LogP contribution in [0.15, 0.2) is 144 Å². The van der Waals surface area contributed by atoms with Gasteiger partial charge in [-0.25, -0.2) is 0 Å². The van der Waals surface area contributed by atoms with Gasteiger partial charge in [0, 0.05) is 34.3 Å². The summed E-state index contributed by atoms with van der Waals surface area (Å²) >= 11 is 0. The van der Waals surface area contributed by atoms with Crippen molar-refractivity contribution in [3.63, 3.8) is 0 Å². The van der Waals surface area contributed by atoms with E-state index in [-0.39, 0.29) is 0 Å². The van der Waals surface area contributed by atoms with Gasteiger partial charge in [-0.2, -0.15) is 0 Å². The third-order valence-electron chi connectivity index (χ3n) is 7.00. The standard InChI is InChI=1S/C35H23NO/c1-2-8-24(9-3-1)27-10-4-11-28(22-27)31-14-6-16-33-32-15-5-13-30(34(32)37-35(31)33)26-19-17-25(18-20-26)29-12-7-21-36-23-29/h1-23H. The maximum Gasteiger partial charge on any atom is 0.143 e. The quantitative estimate of drug-likeness (QED) is 0.254. The number of para-hydroxylation sites is 2. The second-order valence-corrected chi connectivity index (χ2v) is 9.23. The molecule has 0 radical (unpaired) electrons. The number of furan rings is 1. The minimum absolute atomic E-state index is 0.915. The zero-order valence-electron chi connectivity index (χ0n) is 20.1. The van der Waals surface area contributed by atoms with Crippen LogP contribution in [-0.4, -0.2) is 4.98 Å². The molecule has 2 heterocycles. The van der Waals surface area contributed by atoms with E-state index in [0.717, 1.165) is 55.3 Å². The first-order valence-corrected chi connectivity index (χ1v) is 12.5. The van der Waals surface area contributed by atoms with Gasteiger partial charge in [0.2, 0.25) is 0 Å². The maximum absolute atomic E-state index is 6.67. The third-order valence-corrected chi connectivity index (χ3v) is 7.00. The number of benzene rings is 5. The Bertz CT molecular complexity index is 1850. The molecule has 0 unspecified atom stereocenters. The van der Waals surface area contributed by atoms with E-state index in [4.69, 9.17) is 4.42 Å². The smallest absolute Gasteiger partial charge is 0.143 e. The molecule has 0 aliphatic carbocycles. The summed E-state index contributed by atoms with van der Waals surface area (Å²) in [6.07, 6.45) is 3.69. The fraction of sp³-hybridized carbons (Fsp3) is 0. The fourth-order valence-corrected chi connectivity index (χ4v) is 5.15. The van der Waals surface area contributed by atoms with Crippen LogP contribution in [0.2, 0.25) is 0 Å². The normalized spacial score (nSPS) is 11.2. The molecule has 7 rings (SSSR count). The lowest BCUT2D eigenvalue weighted by Crippen LogP contribution is -1.82. The summed E-state index contributed by atoms with van der Waals surface area (Å²) in [4.78, 5) is 4.25. The molecule has 0 saturated heterocycles. The van der Waals surface area contributed by atoms with Crippen LogP contribution in [0.1, 0.15) is 0 Å². The van der Waals surface area contributed by atoms with Gasteiger partial charge in [0.05, 0.1) is 0 Å². The lowest BCUT2D eigenvalue weighted by Gasteiger charge is -2.07. The molecule has 0 aliphatic heterocycles. The van der Waals surface area contributed by atoms with Gasteiger partial charge in [0.1, 0.15) is 11.2 Å². The Kier molecular flexibility index (Phi) is 5.15. The molecule has 2 aromatic heterocycles. The number of rotatable bonds is 4. The van der Waals surface area contributed by atoms with E-state index in [1.165, 1.54) is 11.1 Å². The zero-order valence-corrected chi connectivity index (χ0v) is 20.1. The topological polar surface area (TPSA) is 26.0 Å². The molecule has 0 N–H and O–H groups in total. The van der Waals surface area contributed by atoms with Gasteiger partial charge in [-0.15, -0.1) is 0 Å². The lowest BCUT2D eigenvalue weighted by molar-refractivity contribution is 0.671. The highest BCUT2D eigenvalue weighted by molar-refractivity contribution is 6.13. The Hall–Kier alpha value is -4.95. The minimum Gasteiger partial charge on any atom is -0.455 e. The zero-order chi connectivity index (χ0) is 24.6. The van der Waals surface area contributed by atoms with Crippen molar-refractivity contribution in [2.45, 2.75) is 0 Å². The molecule has 174 valence electrons. The van der Waals surface area contributed by atoms with Crippen molar-refractivity contribution in [3.05, 3.63) is 140 Å². The van der Waals surface area contributed by atoms with E-state index in [0.29, 0.717) is 0 Å². The number of pyridine rings is 1. The average Bonchev–Trinajstić information content (AvgIpc) is 3.37. The number of hydrogen-bond donors (Lipinski definition) is 0. The number of fused-ring (bicyclic) bond motifs is 3. The van der Waals surface area contributed by atoms with E-state index >= 15 is 0 Å². The Morgan fingerprint density at radius 3 is 1.68 bits per heavy atom. The lowest BCUT2D eigenvalue weighted by atomic mass is 9.97. The molecule has 2 heteroatoms.